The van der Waals surface area contributed by atoms with Gasteiger partial charge in [-0.2, -0.15) is 0 Å². The van der Waals surface area contributed by atoms with E-state index < -0.39 is 0 Å². The Labute approximate surface area is 135 Å². The smallest absolute Gasteiger partial charge is 0.256 e. The zero-order chi connectivity index (χ0) is 15.0. The second-order valence-electron chi connectivity index (χ2n) is 4.63. The number of phenolic OH excluding ortho intramolecular Hbond substituents is 1. The number of phenols is 1. The Morgan fingerprint density at radius 1 is 1.24 bits per heavy atom. The third kappa shape index (κ3) is 2.61. The number of ether oxygens (including phenoxy) is 1. The van der Waals surface area contributed by atoms with Crippen LogP contribution in [0, 0.1) is 3.57 Å². The van der Waals surface area contributed by atoms with Crippen molar-refractivity contribution in [3.8, 4) is 11.5 Å². The van der Waals surface area contributed by atoms with Gasteiger partial charge < -0.3 is 15.2 Å². The maximum atomic E-state index is 12.1. The molecular weight excluding hydrogens is 381 g/mol. The molecule has 3 rings (SSSR count). The Bertz CT molecular complexity index is 768. The summed E-state index contributed by atoms with van der Waals surface area (Å²) in [5.41, 5.74) is 3.02. The average molecular weight is 393 g/mol. The Kier molecular flexibility index (Phi) is 3.59. The maximum absolute atomic E-state index is 12.1. The predicted molar refractivity (Wildman–Crippen MR) is 90.3 cm³/mol. The molecule has 2 N–H and O–H groups in total. The van der Waals surface area contributed by atoms with Crippen LogP contribution >= 0.6 is 22.6 Å². The molecule has 1 aliphatic rings. The molecule has 0 aromatic heterocycles. The molecule has 5 heteroatoms. The minimum atomic E-state index is -0.137. The van der Waals surface area contributed by atoms with E-state index in [0.717, 1.165) is 20.4 Å². The number of anilines is 1. The summed E-state index contributed by atoms with van der Waals surface area (Å²) in [5.74, 6) is 0.318. The second kappa shape index (κ2) is 5.40. The zero-order valence-electron chi connectivity index (χ0n) is 11.2. The van der Waals surface area contributed by atoms with Crippen molar-refractivity contribution in [2.24, 2.45) is 0 Å². The van der Waals surface area contributed by atoms with Crippen LogP contribution in [0.5, 0.6) is 11.5 Å². The van der Waals surface area contributed by atoms with E-state index in [0.29, 0.717) is 11.3 Å². The lowest BCUT2D eigenvalue weighted by molar-refractivity contribution is -0.110. The molecule has 0 fully saturated rings. The van der Waals surface area contributed by atoms with Crippen LogP contribution in [0.15, 0.2) is 36.4 Å². The summed E-state index contributed by atoms with van der Waals surface area (Å²) in [7, 11) is 1.50. The van der Waals surface area contributed by atoms with Crippen LogP contribution in [0.1, 0.15) is 11.1 Å². The molecule has 1 heterocycles. The van der Waals surface area contributed by atoms with Crippen molar-refractivity contribution in [3.63, 3.8) is 0 Å². The highest BCUT2D eigenvalue weighted by atomic mass is 127. The summed E-state index contributed by atoms with van der Waals surface area (Å²) in [6, 6.07) is 10.8. The largest absolute Gasteiger partial charge is 0.504 e. The van der Waals surface area contributed by atoms with Crippen molar-refractivity contribution in [3.05, 3.63) is 51.1 Å². The minimum absolute atomic E-state index is 0.0492. The number of hydrogen-bond donors (Lipinski definition) is 2. The van der Waals surface area contributed by atoms with Gasteiger partial charge in [-0.05, 0) is 64.6 Å². The topological polar surface area (TPSA) is 58.6 Å². The number of aromatic hydroxyl groups is 1. The molecule has 0 saturated heterocycles. The fourth-order valence-corrected chi connectivity index (χ4v) is 2.76. The molecule has 0 saturated carbocycles. The van der Waals surface area contributed by atoms with Gasteiger partial charge in [0.2, 0.25) is 0 Å². The maximum Gasteiger partial charge on any atom is 0.256 e. The molecule has 0 spiro atoms. The van der Waals surface area contributed by atoms with Gasteiger partial charge in [-0.3, -0.25) is 4.79 Å². The van der Waals surface area contributed by atoms with E-state index in [-0.39, 0.29) is 11.7 Å². The highest BCUT2D eigenvalue weighted by Gasteiger charge is 2.24. The summed E-state index contributed by atoms with van der Waals surface area (Å²) < 4.78 is 6.07. The van der Waals surface area contributed by atoms with Crippen molar-refractivity contribution < 1.29 is 14.6 Å². The third-order valence-electron chi connectivity index (χ3n) is 3.28. The van der Waals surface area contributed by atoms with E-state index in [1.807, 2.05) is 18.2 Å². The van der Waals surface area contributed by atoms with Crippen LogP contribution in [-0.2, 0) is 4.79 Å². The van der Waals surface area contributed by atoms with Gasteiger partial charge >= 0.3 is 0 Å². The molecule has 0 bridgehead atoms. The molecule has 2 aromatic carbocycles. The van der Waals surface area contributed by atoms with Gasteiger partial charge in [0.15, 0.2) is 11.5 Å². The molecule has 4 nitrogen and oxygen atoms in total. The van der Waals surface area contributed by atoms with Crippen LogP contribution < -0.4 is 10.1 Å². The number of carbonyl (C=O) groups is 1. The van der Waals surface area contributed by atoms with Crippen molar-refractivity contribution in [1.82, 2.24) is 0 Å². The van der Waals surface area contributed by atoms with Gasteiger partial charge in [-0.15, -0.1) is 0 Å². The number of halogens is 1. The summed E-state index contributed by atoms with van der Waals surface area (Å²) in [6.07, 6.45) is 1.76. The normalized spacial score (nSPS) is 15.0. The Balaban J connectivity index is 2.06. The molecule has 1 amide bonds. The van der Waals surface area contributed by atoms with E-state index >= 15 is 0 Å². The fraction of sp³-hybridized carbons (Fsp3) is 0.0625. The second-order valence-corrected chi connectivity index (χ2v) is 5.88. The predicted octanol–water partition coefficient (Wildman–Crippen LogP) is 3.50. The SMILES string of the molecule is COc1ccc(C=C2C(=O)Nc3ccc(I)cc32)cc1O. The quantitative estimate of drug-likeness (QED) is 0.607. The van der Waals surface area contributed by atoms with Gasteiger partial charge in [-0.25, -0.2) is 0 Å². The number of rotatable bonds is 2. The minimum Gasteiger partial charge on any atom is -0.504 e. The van der Waals surface area contributed by atoms with E-state index in [1.165, 1.54) is 7.11 Å². The Morgan fingerprint density at radius 3 is 2.76 bits per heavy atom. The number of nitrogens with one attached hydrogen (secondary N) is 1. The first-order valence-electron chi connectivity index (χ1n) is 6.28. The van der Waals surface area contributed by atoms with Gasteiger partial charge in [-0.1, -0.05) is 6.07 Å². The number of methoxy groups -OCH3 is 1. The van der Waals surface area contributed by atoms with Crippen LogP contribution in [0.2, 0.25) is 0 Å². The van der Waals surface area contributed by atoms with Crippen molar-refractivity contribution in [1.29, 1.82) is 0 Å². The summed E-state index contributed by atoms with van der Waals surface area (Å²) in [5, 5.41) is 12.6. The third-order valence-corrected chi connectivity index (χ3v) is 3.95. The summed E-state index contributed by atoms with van der Waals surface area (Å²) in [6.45, 7) is 0. The Hall–Kier alpha value is -2.02. The number of benzene rings is 2. The molecule has 0 radical (unpaired) electrons. The molecule has 0 atom stereocenters. The molecule has 106 valence electrons. The first-order valence-corrected chi connectivity index (χ1v) is 7.36. The highest BCUT2D eigenvalue weighted by molar-refractivity contribution is 14.1. The monoisotopic (exact) mass is 393 g/mol. The molecule has 2 aromatic rings. The molecule has 1 aliphatic heterocycles. The highest BCUT2D eigenvalue weighted by Crippen LogP contribution is 2.35. The van der Waals surface area contributed by atoms with Crippen LogP contribution in [-0.4, -0.2) is 18.1 Å². The lowest BCUT2D eigenvalue weighted by Gasteiger charge is -2.04. The van der Waals surface area contributed by atoms with E-state index in [2.05, 4.69) is 27.9 Å². The van der Waals surface area contributed by atoms with Crippen molar-refractivity contribution >= 4 is 45.8 Å². The first-order chi connectivity index (χ1) is 10.1. The summed E-state index contributed by atoms with van der Waals surface area (Å²) in [4.78, 5) is 12.1. The fourth-order valence-electron chi connectivity index (χ4n) is 2.27. The van der Waals surface area contributed by atoms with E-state index in [4.69, 9.17) is 4.74 Å². The van der Waals surface area contributed by atoms with Crippen LogP contribution in [0.4, 0.5) is 5.69 Å². The molecule has 21 heavy (non-hydrogen) atoms. The molecule has 0 unspecified atom stereocenters. The van der Waals surface area contributed by atoms with Crippen molar-refractivity contribution in [2.45, 2.75) is 0 Å². The van der Waals surface area contributed by atoms with Gasteiger partial charge in [0.1, 0.15) is 0 Å². The van der Waals surface area contributed by atoms with Crippen LogP contribution in [0.3, 0.4) is 0 Å². The zero-order valence-corrected chi connectivity index (χ0v) is 13.3. The first kappa shape index (κ1) is 13.9. The van der Waals surface area contributed by atoms with Crippen molar-refractivity contribution in [2.75, 3.05) is 12.4 Å². The number of amides is 1. The molecular formula is C16H12INO3. The lowest BCUT2D eigenvalue weighted by Crippen LogP contribution is -2.03. The lowest BCUT2D eigenvalue weighted by atomic mass is 10.0. The van der Waals surface area contributed by atoms with E-state index in [1.54, 1.807) is 24.3 Å². The summed E-state index contributed by atoms with van der Waals surface area (Å²) >= 11 is 2.21. The molecule has 0 aliphatic carbocycles. The standard InChI is InChI=1S/C16H12INO3/c1-21-15-5-2-9(7-14(15)19)6-12-11-8-10(17)3-4-13(11)18-16(12)20/h2-8,19H,1H3,(H,18,20). The number of hydrogen-bond acceptors (Lipinski definition) is 3. The van der Waals surface area contributed by atoms with Gasteiger partial charge in [0.05, 0.1) is 7.11 Å². The number of fused-ring (bicyclic) bond motifs is 1. The number of carbonyl (C=O) groups excluding carboxylic acids is 1. The Morgan fingerprint density at radius 2 is 2.05 bits per heavy atom. The van der Waals surface area contributed by atoms with Gasteiger partial charge in [0, 0.05) is 20.4 Å². The van der Waals surface area contributed by atoms with E-state index in [9.17, 15) is 9.90 Å². The van der Waals surface area contributed by atoms with Crippen LogP contribution in [0.25, 0.3) is 11.6 Å². The average Bonchev–Trinajstić information content (AvgIpc) is 2.75. The van der Waals surface area contributed by atoms with Gasteiger partial charge in [0.25, 0.3) is 5.91 Å².